The minimum absolute atomic E-state index is 0.435. The van der Waals surface area contributed by atoms with Gasteiger partial charge in [0.2, 0.25) is 0 Å². The van der Waals surface area contributed by atoms with Crippen molar-refractivity contribution in [3.8, 4) is 0 Å². The summed E-state index contributed by atoms with van der Waals surface area (Å²) in [4.78, 5) is 0. The van der Waals surface area contributed by atoms with Crippen LogP contribution >= 0.6 is 28.6 Å². The molecule has 0 nitrogen and oxygen atoms in total. The van der Waals surface area contributed by atoms with Gasteiger partial charge < -0.3 is 0 Å². The van der Waals surface area contributed by atoms with Crippen molar-refractivity contribution >= 4 is 28.6 Å². The van der Waals surface area contributed by atoms with Gasteiger partial charge in [0.25, 0.3) is 0 Å². The van der Waals surface area contributed by atoms with E-state index < -0.39 is 0 Å². The molecule has 1 unspecified atom stereocenters. The average molecular weight is 231 g/mol. The Bertz CT molecular complexity index is 233. The largest absolute Gasteiger partial charge is 0.176 e. The molecule has 1 aromatic rings. The van der Waals surface area contributed by atoms with Crippen molar-refractivity contribution in [3.05, 3.63) is 34.3 Å². The Morgan fingerprint density at radius 2 is 2.27 bits per heavy atom. The van der Waals surface area contributed by atoms with Crippen molar-refractivity contribution in [1.82, 2.24) is 0 Å². The van der Waals surface area contributed by atoms with Crippen molar-refractivity contribution in [1.29, 1.82) is 0 Å². The molecular formula is C9H11BrS. The van der Waals surface area contributed by atoms with Crippen LogP contribution in [0.15, 0.2) is 28.7 Å². The molecule has 0 N–H and O–H groups in total. The number of hydrogen-bond acceptors (Lipinski definition) is 1. The summed E-state index contributed by atoms with van der Waals surface area (Å²) >= 11 is 7.76. The average Bonchev–Trinajstić information content (AvgIpc) is 1.85. The molecule has 0 radical (unpaired) electrons. The molecule has 60 valence electrons. The second-order valence-corrected chi connectivity index (χ2v) is 4.48. The number of benzene rings is 1. The Hall–Kier alpha value is 0.0500. The first-order chi connectivity index (χ1) is 5.18. The van der Waals surface area contributed by atoms with Crippen molar-refractivity contribution in [2.45, 2.75) is 18.6 Å². The quantitative estimate of drug-likeness (QED) is 0.741. The predicted octanol–water partition coefficient (Wildman–Crippen LogP) is 3.31. The Morgan fingerprint density at radius 3 is 2.82 bits per heavy atom. The minimum Gasteiger partial charge on any atom is -0.176 e. The van der Waals surface area contributed by atoms with Crippen LogP contribution in [0.3, 0.4) is 0 Å². The Labute approximate surface area is 81.5 Å². The molecule has 0 aliphatic rings. The van der Waals surface area contributed by atoms with E-state index in [1.54, 1.807) is 0 Å². The van der Waals surface area contributed by atoms with Gasteiger partial charge in [0.1, 0.15) is 0 Å². The van der Waals surface area contributed by atoms with Crippen molar-refractivity contribution in [3.63, 3.8) is 0 Å². The van der Waals surface area contributed by atoms with E-state index in [1.165, 1.54) is 5.56 Å². The molecule has 0 heterocycles. The van der Waals surface area contributed by atoms with Crippen LogP contribution in [-0.4, -0.2) is 5.25 Å². The molecule has 11 heavy (non-hydrogen) atoms. The predicted molar refractivity (Wildman–Crippen MR) is 56.3 cm³/mol. The zero-order valence-corrected chi connectivity index (χ0v) is 8.90. The third-order valence-corrected chi connectivity index (χ3v) is 2.10. The van der Waals surface area contributed by atoms with Gasteiger partial charge in [-0.2, -0.15) is 12.6 Å². The van der Waals surface area contributed by atoms with E-state index in [0.29, 0.717) is 5.25 Å². The fourth-order valence-electron chi connectivity index (χ4n) is 1.01. The lowest BCUT2D eigenvalue weighted by atomic mass is 10.1. The highest BCUT2D eigenvalue weighted by molar-refractivity contribution is 9.10. The first-order valence-electron chi connectivity index (χ1n) is 3.61. The standard InChI is InChI=1S/C9H11BrS/c1-7(11)5-8-3-2-4-9(10)6-8/h2-4,6-7,11H,5H2,1H3. The smallest absolute Gasteiger partial charge is 0.0178 e. The van der Waals surface area contributed by atoms with Gasteiger partial charge in [0.15, 0.2) is 0 Å². The fourth-order valence-corrected chi connectivity index (χ4v) is 1.66. The zero-order valence-electron chi connectivity index (χ0n) is 6.42. The highest BCUT2D eigenvalue weighted by atomic mass is 79.9. The van der Waals surface area contributed by atoms with E-state index in [2.05, 4.69) is 53.7 Å². The maximum absolute atomic E-state index is 4.33. The molecule has 1 atom stereocenters. The summed E-state index contributed by atoms with van der Waals surface area (Å²) in [6.45, 7) is 2.10. The van der Waals surface area contributed by atoms with E-state index >= 15 is 0 Å². The Balaban J connectivity index is 2.71. The lowest BCUT2D eigenvalue weighted by Crippen LogP contribution is -1.96. The zero-order chi connectivity index (χ0) is 8.27. The summed E-state index contributed by atoms with van der Waals surface area (Å²) in [6, 6.07) is 8.34. The summed E-state index contributed by atoms with van der Waals surface area (Å²) in [5.74, 6) is 0. The molecule has 0 saturated carbocycles. The third-order valence-electron chi connectivity index (χ3n) is 1.42. The summed E-state index contributed by atoms with van der Waals surface area (Å²) in [6.07, 6.45) is 1.03. The van der Waals surface area contributed by atoms with Crippen LogP contribution < -0.4 is 0 Å². The minimum atomic E-state index is 0.435. The molecule has 0 aromatic heterocycles. The Kier molecular flexibility index (Phi) is 3.46. The third kappa shape index (κ3) is 3.30. The van der Waals surface area contributed by atoms with Gasteiger partial charge in [-0.15, -0.1) is 0 Å². The molecule has 0 amide bonds. The summed E-state index contributed by atoms with van der Waals surface area (Å²) in [5, 5.41) is 0.435. The second kappa shape index (κ2) is 4.17. The second-order valence-electron chi connectivity index (χ2n) is 2.68. The van der Waals surface area contributed by atoms with Crippen molar-refractivity contribution in [2.75, 3.05) is 0 Å². The van der Waals surface area contributed by atoms with Crippen LogP contribution in [0.1, 0.15) is 12.5 Å². The van der Waals surface area contributed by atoms with Gasteiger partial charge in [-0.25, -0.2) is 0 Å². The molecule has 1 rings (SSSR count). The molecule has 0 spiro atoms. The number of rotatable bonds is 2. The summed E-state index contributed by atoms with van der Waals surface area (Å²) in [7, 11) is 0. The lowest BCUT2D eigenvalue weighted by molar-refractivity contribution is 0.950. The Morgan fingerprint density at radius 1 is 1.55 bits per heavy atom. The highest BCUT2D eigenvalue weighted by Gasteiger charge is 1.97. The number of halogens is 1. The molecule has 0 saturated heterocycles. The lowest BCUT2D eigenvalue weighted by Gasteiger charge is -2.03. The van der Waals surface area contributed by atoms with Crippen LogP contribution in [0.25, 0.3) is 0 Å². The molecule has 1 aromatic carbocycles. The van der Waals surface area contributed by atoms with Gasteiger partial charge in [0.05, 0.1) is 0 Å². The molecule has 0 bridgehead atoms. The van der Waals surface area contributed by atoms with Gasteiger partial charge >= 0.3 is 0 Å². The molecule has 0 aliphatic heterocycles. The van der Waals surface area contributed by atoms with Crippen LogP contribution in [0.2, 0.25) is 0 Å². The molecule has 0 fully saturated rings. The van der Waals surface area contributed by atoms with Crippen molar-refractivity contribution in [2.24, 2.45) is 0 Å². The summed E-state index contributed by atoms with van der Waals surface area (Å²) in [5.41, 5.74) is 1.34. The van der Waals surface area contributed by atoms with E-state index in [-0.39, 0.29) is 0 Å². The normalized spacial score (nSPS) is 13.0. The molecular weight excluding hydrogens is 220 g/mol. The van der Waals surface area contributed by atoms with E-state index in [4.69, 9.17) is 0 Å². The van der Waals surface area contributed by atoms with Gasteiger partial charge in [-0.1, -0.05) is 35.0 Å². The topological polar surface area (TPSA) is 0 Å². The van der Waals surface area contributed by atoms with Crippen LogP contribution in [0, 0.1) is 0 Å². The van der Waals surface area contributed by atoms with E-state index in [0.717, 1.165) is 10.9 Å². The fraction of sp³-hybridized carbons (Fsp3) is 0.333. The van der Waals surface area contributed by atoms with Crippen LogP contribution in [-0.2, 0) is 6.42 Å². The molecule has 2 heteroatoms. The van der Waals surface area contributed by atoms with Gasteiger partial charge in [-0.05, 0) is 24.1 Å². The van der Waals surface area contributed by atoms with E-state index in [9.17, 15) is 0 Å². The maximum Gasteiger partial charge on any atom is 0.0178 e. The van der Waals surface area contributed by atoms with Crippen molar-refractivity contribution < 1.29 is 0 Å². The number of hydrogen-bond donors (Lipinski definition) is 1. The first-order valence-corrected chi connectivity index (χ1v) is 4.92. The monoisotopic (exact) mass is 230 g/mol. The molecule has 0 aliphatic carbocycles. The van der Waals surface area contributed by atoms with Crippen LogP contribution in [0.4, 0.5) is 0 Å². The maximum atomic E-state index is 4.33. The van der Waals surface area contributed by atoms with Crippen LogP contribution in [0.5, 0.6) is 0 Å². The SMILES string of the molecule is CC(S)Cc1cccc(Br)c1. The first kappa shape index (κ1) is 9.14. The summed E-state index contributed by atoms with van der Waals surface area (Å²) < 4.78 is 1.14. The highest BCUT2D eigenvalue weighted by Crippen LogP contribution is 2.14. The number of thiol groups is 1. The van der Waals surface area contributed by atoms with Gasteiger partial charge in [-0.3, -0.25) is 0 Å². The van der Waals surface area contributed by atoms with E-state index in [1.807, 2.05) is 6.07 Å². The van der Waals surface area contributed by atoms with Gasteiger partial charge in [0, 0.05) is 9.72 Å².